The van der Waals surface area contributed by atoms with Gasteiger partial charge in [0, 0.05) is 5.57 Å². The number of nitrogens with zero attached hydrogens (tertiary/aromatic N) is 1. The van der Waals surface area contributed by atoms with Gasteiger partial charge in [-0.1, -0.05) is 5.57 Å². The van der Waals surface area contributed by atoms with Crippen LogP contribution >= 0.6 is 0 Å². The van der Waals surface area contributed by atoms with Gasteiger partial charge in [0.05, 0.1) is 6.07 Å². The molecule has 0 unspecified atom stereocenters. The fourth-order valence-electron chi connectivity index (χ4n) is 4.97. The van der Waals surface area contributed by atoms with Crippen LogP contribution in [0.4, 0.5) is 0 Å². The van der Waals surface area contributed by atoms with E-state index in [1.165, 1.54) is 37.7 Å². The lowest BCUT2D eigenvalue weighted by molar-refractivity contribution is -0.0356. The van der Waals surface area contributed by atoms with E-state index in [9.17, 15) is 5.26 Å². The van der Waals surface area contributed by atoms with Crippen LogP contribution in [0.5, 0.6) is 0 Å². The molecule has 0 aromatic rings. The summed E-state index contributed by atoms with van der Waals surface area (Å²) in [5.74, 6) is 4.84. The second-order valence-corrected chi connectivity index (χ2v) is 6.89. The molecule has 0 aliphatic heterocycles. The number of hydrogen-bond acceptors (Lipinski definition) is 1. The molecule has 0 aromatic carbocycles. The van der Waals surface area contributed by atoms with Gasteiger partial charge in [-0.25, -0.2) is 0 Å². The van der Waals surface area contributed by atoms with Gasteiger partial charge < -0.3 is 0 Å². The molecule has 17 heavy (non-hydrogen) atoms. The average molecular weight is 229 g/mol. The Morgan fingerprint density at radius 1 is 1.00 bits per heavy atom. The van der Waals surface area contributed by atoms with E-state index in [-0.39, 0.29) is 0 Å². The van der Waals surface area contributed by atoms with Crippen molar-refractivity contribution >= 4 is 0 Å². The molecular formula is C16H23N. The highest BCUT2D eigenvalue weighted by Gasteiger charge is 2.47. The van der Waals surface area contributed by atoms with Crippen LogP contribution in [0.3, 0.4) is 0 Å². The Bertz CT molecular complexity index is 353. The van der Waals surface area contributed by atoms with E-state index < -0.39 is 0 Å². The van der Waals surface area contributed by atoms with Crippen molar-refractivity contribution in [3.8, 4) is 6.07 Å². The van der Waals surface area contributed by atoms with Crippen LogP contribution in [-0.4, -0.2) is 0 Å². The van der Waals surface area contributed by atoms with Crippen LogP contribution in [0.2, 0.25) is 0 Å². The average Bonchev–Trinajstić information content (AvgIpc) is 2.27. The van der Waals surface area contributed by atoms with Gasteiger partial charge in [0.25, 0.3) is 0 Å². The summed E-state index contributed by atoms with van der Waals surface area (Å²) in [5, 5.41) is 9.24. The van der Waals surface area contributed by atoms with Crippen molar-refractivity contribution in [3.63, 3.8) is 0 Å². The predicted octanol–water partition coefficient (Wildman–Crippen LogP) is 4.31. The topological polar surface area (TPSA) is 23.8 Å². The Balaban J connectivity index is 1.77. The summed E-state index contributed by atoms with van der Waals surface area (Å²) in [6, 6.07) is 2.44. The zero-order valence-electron chi connectivity index (χ0n) is 11.1. The van der Waals surface area contributed by atoms with Crippen LogP contribution in [0.1, 0.15) is 52.4 Å². The molecule has 4 aliphatic carbocycles. The molecule has 4 fully saturated rings. The van der Waals surface area contributed by atoms with Gasteiger partial charge >= 0.3 is 0 Å². The zero-order chi connectivity index (χ0) is 12.0. The third-order valence-electron chi connectivity index (χ3n) is 5.60. The normalized spacial score (nSPS) is 42.3. The van der Waals surface area contributed by atoms with Gasteiger partial charge in [0.1, 0.15) is 0 Å². The third kappa shape index (κ3) is 1.92. The second kappa shape index (κ2) is 4.16. The summed E-state index contributed by atoms with van der Waals surface area (Å²) in [6.45, 7) is 4.18. The van der Waals surface area contributed by atoms with E-state index in [4.69, 9.17) is 0 Å². The fourth-order valence-corrected chi connectivity index (χ4v) is 4.97. The minimum atomic E-state index is 0.840. The molecule has 1 heteroatoms. The Hall–Kier alpha value is -0.770. The highest BCUT2D eigenvalue weighted by atomic mass is 14.5. The molecule has 4 aliphatic rings. The minimum absolute atomic E-state index is 0.840. The lowest BCUT2D eigenvalue weighted by Gasteiger charge is -2.54. The Morgan fingerprint density at radius 3 is 1.94 bits per heavy atom. The molecule has 0 heterocycles. The van der Waals surface area contributed by atoms with Gasteiger partial charge in [-0.2, -0.15) is 5.26 Å². The lowest BCUT2D eigenvalue weighted by Crippen LogP contribution is -2.45. The van der Waals surface area contributed by atoms with Gasteiger partial charge in [-0.3, -0.25) is 0 Å². The summed E-state index contributed by atoms with van der Waals surface area (Å²) >= 11 is 0. The molecule has 4 bridgehead atoms. The first-order valence-corrected chi connectivity index (χ1v) is 7.23. The van der Waals surface area contributed by atoms with Crippen LogP contribution in [0, 0.1) is 40.9 Å². The molecule has 92 valence electrons. The Labute approximate surface area is 105 Å². The van der Waals surface area contributed by atoms with Crippen molar-refractivity contribution in [2.45, 2.75) is 52.4 Å². The summed E-state index contributed by atoms with van der Waals surface area (Å²) < 4.78 is 0. The zero-order valence-corrected chi connectivity index (χ0v) is 11.1. The van der Waals surface area contributed by atoms with E-state index in [0.717, 1.165) is 41.6 Å². The van der Waals surface area contributed by atoms with Crippen molar-refractivity contribution < 1.29 is 0 Å². The van der Waals surface area contributed by atoms with Crippen LogP contribution < -0.4 is 0 Å². The SMILES string of the molecule is CC(C)=C(C#N)CC1C2CC3CC(C2)CC1C3. The van der Waals surface area contributed by atoms with Crippen molar-refractivity contribution in [2.75, 3.05) is 0 Å². The summed E-state index contributed by atoms with van der Waals surface area (Å²) in [6.07, 6.45) is 8.48. The van der Waals surface area contributed by atoms with Crippen LogP contribution in [0.25, 0.3) is 0 Å². The molecular weight excluding hydrogens is 206 g/mol. The van der Waals surface area contributed by atoms with Crippen molar-refractivity contribution in [3.05, 3.63) is 11.1 Å². The molecule has 0 amide bonds. The highest BCUT2D eigenvalue weighted by Crippen LogP contribution is 2.57. The molecule has 1 nitrogen and oxygen atoms in total. The first kappa shape index (κ1) is 11.3. The standard InChI is InChI=1S/C16H23N/c1-10(2)15(9-17)8-16-13-4-11-3-12(6-13)7-14(16)5-11/h11-14,16H,3-8H2,1-2H3. The van der Waals surface area contributed by atoms with Gasteiger partial charge in [0.15, 0.2) is 0 Å². The van der Waals surface area contributed by atoms with Gasteiger partial charge in [-0.15, -0.1) is 0 Å². The highest BCUT2D eigenvalue weighted by molar-refractivity contribution is 5.26. The Kier molecular flexibility index (Phi) is 2.77. The number of rotatable bonds is 2. The predicted molar refractivity (Wildman–Crippen MR) is 69.1 cm³/mol. The van der Waals surface area contributed by atoms with E-state index in [1.54, 1.807) is 0 Å². The van der Waals surface area contributed by atoms with Crippen molar-refractivity contribution in [1.82, 2.24) is 0 Å². The van der Waals surface area contributed by atoms with E-state index in [0.29, 0.717) is 0 Å². The molecule has 4 rings (SSSR count). The molecule has 0 spiro atoms. The monoisotopic (exact) mass is 229 g/mol. The minimum Gasteiger partial charge on any atom is -0.193 e. The maximum atomic E-state index is 9.24. The largest absolute Gasteiger partial charge is 0.193 e. The van der Waals surface area contributed by atoms with E-state index in [2.05, 4.69) is 19.9 Å². The number of hydrogen-bond donors (Lipinski definition) is 0. The van der Waals surface area contributed by atoms with Crippen LogP contribution in [-0.2, 0) is 0 Å². The molecule has 4 saturated carbocycles. The van der Waals surface area contributed by atoms with Crippen molar-refractivity contribution in [1.29, 1.82) is 5.26 Å². The van der Waals surface area contributed by atoms with Gasteiger partial charge in [0.2, 0.25) is 0 Å². The smallest absolute Gasteiger partial charge is 0.0946 e. The first-order chi connectivity index (χ1) is 8.17. The van der Waals surface area contributed by atoms with Crippen molar-refractivity contribution in [2.24, 2.45) is 29.6 Å². The summed E-state index contributed by atoms with van der Waals surface area (Å²) in [5.41, 5.74) is 2.31. The number of nitriles is 1. The number of allylic oxidation sites excluding steroid dienone is 2. The Morgan fingerprint density at radius 2 is 1.53 bits per heavy atom. The fraction of sp³-hybridized carbons (Fsp3) is 0.812. The maximum absolute atomic E-state index is 9.24. The van der Waals surface area contributed by atoms with E-state index >= 15 is 0 Å². The first-order valence-electron chi connectivity index (χ1n) is 7.23. The summed E-state index contributed by atoms with van der Waals surface area (Å²) in [7, 11) is 0. The molecule has 0 saturated heterocycles. The molecule has 0 radical (unpaired) electrons. The molecule has 0 atom stereocenters. The second-order valence-electron chi connectivity index (χ2n) is 6.89. The lowest BCUT2D eigenvalue weighted by atomic mass is 9.51. The molecule has 0 aromatic heterocycles. The molecule has 0 N–H and O–H groups in total. The van der Waals surface area contributed by atoms with E-state index in [1.807, 2.05) is 0 Å². The van der Waals surface area contributed by atoms with Crippen LogP contribution in [0.15, 0.2) is 11.1 Å². The quantitative estimate of drug-likeness (QED) is 0.647. The summed E-state index contributed by atoms with van der Waals surface area (Å²) in [4.78, 5) is 0. The van der Waals surface area contributed by atoms with Gasteiger partial charge in [-0.05, 0) is 82.0 Å². The maximum Gasteiger partial charge on any atom is 0.0946 e. The third-order valence-corrected chi connectivity index (χ3v) is 5.60.